The van der Waals surface area contributed by atoms with Crippen molar-refractivity contribution in [2.75, 3.05) is 33.0 Å². The van der Waals surface area contributed by atoms with E-state index in [-0.39, 0.29) is 12.0 Å². The molecule has 4 nitrogen and oxygen atoms in total. The first-order valence-corrected chi connectivity index (χ1v) is 8.61. The van der Waals surface area contributed by atoms with Crippen molar-refractivity contribution >= 4 is 17.7 Å². The maximum Gasteiger partial charge on any atom is 0.234 e. The number of nitrogens with zero attached hydrogens (tertiary/aromatic N) is 1. The SMILES string of the molecule is CS[C@@H]1CCC[C@@H]1N(C)CC(=O)NC[C@@H]1CCCO1. The third kappa shape index (κ3) is 4.36. The number of ether oxygens (including phenoxy) is 1. The van der Waals surface area contributed by atoms with Gasteiger partial charge in [-0.25, -0.2) is 0 Å². The normalized spacial score (nSPS) is 31.0. The van der Waals surface area contributed by atoms with E-state index in [0.29, 0.717) is 24.4 Å². The van der Waals surface area contributed by atoms with Gasteiger partial charge in [0, 0.05) is 24.4 Å². The van der Waals surface area contributed by atoms with Crippen molar-refractivity contribution in [1.82, 2.24) is 10.2 Å². The predicted octanol–water partition coefficient (Wildman–Crippen LogP) is 1.50. The Morgan fingerprint density at radius 1 is 1.37 bits per heavy atom. The van der Waals surface area contributed by atoms with Crippen molar-refractivity contribution in [1.29, 1.82) is 0 Å². The second-order valence-corrected chi connectivity index (χ2v) is 6.70. The number of carbonyl (C=O) groups is 1. The molecule has 1 aliphatic carbocycles. The molecule has 0 radical (unpaired) electrons. The van der Waals surface area contributed by atoms with E-state index >= 15 is 0 Å². The summed E-state index contributed by atoms with van der Waals surface area (Å²) in [7, 11) is 2.07. The molecule has 1 saturated heterocycles. The van der Waals surface area contributed by atoms with Gasteiger partial charge in [-0.15, -0.1) is 0 Å². The molecule has 1 aliphatic heterocycles. The molecule has 5 heteroatoms. The van der Waals surface area contributed by atoms with Gasteiger partial charge in [-0.05, 0) is 39.0 Å². The Morgan fingerprint density at radius 2 is 2.21 bits per heavy atom. The van der Waals surface area contributed by atoms with Gasteiger partial charge in [-0.1, -0.05) is 6.42 Å². The van der Waals surface area contributed by atoms with Gasteiger partial charge in [0.25, 0.3) is 0 Å². The van der Waals surface area contributed by atoms with Crippen molar-refractivity contribution in [3.8, 4) is 0 Å². The molecular formula is C14H26N2O2S. The van der Waals surface area contributed by atoms with Crippen LogP contribution in [0.1, 0.15) is 32.1 Å². The third-order valence-corrected chi connectivity index (χ3v) is 5.39. The van der Waals surface area contributed by atoms with Crippen LogP contribution in [0, 0.1) is 0 Å². The summed E-state index contributed by atoms with van der Waals surface area (Å²) >= 11 is 1.94. The molecule has 110 valence electrons. The average Bonchev–Trinajstić information content (AvgIpc) is 3.07. The standard InChI is InChI=1S/C14H26N2O2S/c1-16(12-6-3-7-13(12)19-2)10-14(17)15-9-11-5-4-8-18-11/h11-13H,3-10H2,1-2H3,(H,15,17)/t11-,12-,13+/m0/s1. The Balaban J connectivity index is 1.68. The second-order valence-electron chi connectivity index (χ2n) is 5.63. The number of nitrogens with one attached hydrogen (secondary N) is 1. The summed E-state index contributed by atoms with van der Waals surface area (Å²) in [5.41, 5.74) is 0. The molecule has 1 heterocycles. The maximum absolute atomic E-state index is 11.9. The summed E-state index contributed by atoms with van der Waals surface area (Å²) < 4.78 is 5.51. The van der Waals surface area contributed by atoms with E-state index < -0.39 is 0 Å². The van der Waals surface area contributed by atoms with Crippen LogP contribution in [-0.4, -0.2) is 61.2 Å². The second kappa shape index (κ2) is 7.50. The Hall–Kier alpha value is -0.260. The molecule has 0 spiro atoms. The lowest BCUT2D eigenvalue weighted by Crippen LogP contribution is -2.44. The summed E-state index contributed by atoms with van der Waals surface area (Å²) in [4.78, 5) is 14.2. The first-order chi connectivity index (χ1) is 9.20. The number of rotatable bonds is 6. The molecule has 0 aromatic rings. The van der Waals surface area contributed by atoms with Crippen LogP contribution in [-0.2, 0) is 9.53 Å². The quantitative estimate of drug-likeness (QED) is 0.803. The monoisotopic (exact) mass is 286 g/mol. The zero-order valence-electron chi connectivity index (χ0n) is 12.1. The van der Waals surface area contributed by atoms with Crippen molar-refractivity contribution in [2.24, 2.45) is 0 Å². The minimum absolute atomic E-state index is 0.129. The molecule has 0 aromatic carbocycles. The van der Waals surface area contributed by atoms with Crippen LogP contribution in [0.4, 0.5) is 0 Å². The number of thioether (sulfide) groups is 1. The average molecular weight is 286 g/mol. The molecule has 1 N–H and O–H groups in total. The highest BCUT2D eigenvalue weighted by molar-refractivity contribution is 7.99. The Morgan fingerprint density at radius 3 is 2.89 bits per heavy atom. The fourth-order valence-electron chi connectivity index (χ4n) is 3.12. The Bertz CT molecular complexity index is 295. The van der Waals surface area contributed by atoms with Crippen LogP contribution in [0.15, 0.2) is 0 Å². The van der Waals surface area contributed by atoms with Crippen LogP contribution >= 0.6 is 11.8 Å². The molecule has 0 aromatic heterocycles. The lowest BCUT2D eigenvalue weighted by Gasteiger charge is -2.28. The number of amides is 1. The molecular weight excluding hydrogens is 260 g/mol. The minimum Gasteiger partial charge on any atom is -0.376 e. The van der Waals surface area contributed by atoms with Gasteiger partial charge in [-0.3, -0.25) is 9.69 Å². The Labute approximate surface area is 120 Å². The first kappa shape index (κ1) is 15.1. The van der Waals surface area contributed by atoms with Gasteiger partial charge in [-0.2, -0.15) is 11.8 Å². The number of hydrogen-bond acceptors (Lipinski definition) is 4. The highest BCUT2D eigenvalue weighted by Crippen LogP contribution is 2.31. The number of likely N-dealkylation sites (N-methyl/N-ethyl adjacent to an activating group) is 1. The van der Waals surface area contributed by atoms with E-state index in [9.17, 15) is 4.79 Å². The molecule has 2 rings (SSSR count). The van der Waals surface area contributed by atoms with E-state index in [0.717, 1.165) is 19.4 Å². The molecule has 19 heavy (non-hydrogen) atoms. The van der Waals surface area contributed by atoms with Crippen molar-refractivity contribution in [2.45, 2.75) is 49.5 Å². The molecule has 1 saturated carbocycles. The van der Waals surface area contributed by atoms with Crippen LogP contribution in [0.3, 0.4) is 0 Å². The van der Waals surface area contributed by atoms with Gasteiger partial charge in [0.05, 0.1) is 12.6 Å². The van der Waals surface area contributed by atoms with Crippen LogP contribution in [0.2, 0.25) is 0 Å². The fraction of sp³-hybridized carbons (Fsp3) is 0.929. The largest absolute Gasteiger partial charge is 0.376 e. The fourth-order valence-corrected chi connectivity index (χ4v) is 4.18. The van der Waals surface area contributed by atoms with Crippen LogP contribution in [0.5, 0.6) is 0 Å². The van der Waals surface area contributed by atoms with E-state index in [1.165, 1.54) is 19.3 Å². The van der Waals surface area contributed by atoms with Crippen molar-refractivity contribution in [3.63, 3.8) is 0 Å². The molecule has 1 amide bonds. The van der Waals surface area contributed by atoms with E-state index in [1.54, 1.807) is 0 Å². The lowest BCUT2D eigenvalue weighted by molar-refractivity contribution is -0.122. The molecule has 2 aliphatic rings. The Kier molecular flexibility index (Phi) is 5.98. The maximum atomic E-state index is 11.9. The summed E-state index contributed by atoms with van der Waals surface area (Å²) in [5.74, 6) is 0.129. The van der Waals surface area contributed by atoms with E-state index in [4.69, 9.17) is 4.74 Å². The van der Waals surface area contributed by atoms with Gasteiger partial charge in [0.2, 0.25) is 5.91 Å². The van der Waals surface area contributed by atoms with Gasteiger partial charge >= 0.3 is 0 Å². The molecule has 2 fully saturated rings. The van der Waals surface area contributed by atoms with Crippen molar-refractivity contribution < 1.29 is 9.53 Å². The molecule has 3 atom stereocenters. The van der Waals surface area contributed by atoms with Gasteiger partial charge < -0.3 is 10.1 Å². The molecule has 0 bridgehead atoms. The van der Waals surface area contributed by atoms with Crippen molar-refractivity contribution in [3.05, 3.63) is 0 Å². The number of carbonyl (C=O) groups excluding carboxylic acids is 1. The van der Waals surface area contributed by atoms with Gasteiger partial charge in [0.15, 0.2) is 0 Å². The summed E-state index contributed by atoms with van der Waals surface area (Å²) in [6, 6.07) is 0.559. The number of hydrogen-bond donors (Lipinski definition) is 1. The summed E-state index contributed by atoms with van der Waals surface area (Å²) in [5, 5.41) is 3.69. The summed E-state index contributed by atoms with van der Waals surface area (Å²) in [6.45, 7) is 2.02. The first-order valence-electron chi connectivity index (χ1n) is 7.32. The van der Waals surface area contributed by atoms with E-state index in [2.05, 4.69) is 23.5 Å². The van der Waals surface area contributed by atoms with E-state index in [1.807, 2.05) is 11.8 Å². The highest BCUT2D eigenvalue weighted by atomic mass is 32.2. The topological polar surface area (TPSA) is 41.6 Å². The molecule has 0 unspecified atom stereocenters. The third-order valence-electron chi connectivity index (χ3n) is 4.23. The smallest absolute Gasteiger partial charge is 0.234 e. The van der Waals surface area contributed by atoms with Gasteiger partial charge in [0.1, 0.15) is 0 Å². The minimum atomic E-state index is 0.129. The zero-order valence-corrected chi connectivity index (χ0v) is 12.9. The van der Waals surface area contributed by atoms with Crippen LogP contribution < -0.4 is 5.32 Å². The zero-order chi connectivity index (χ0) is 13.7. The predicted molar refractivity (Wildman–Crippen MR) is 79.6 cm³/mol. The highest BCUT2D eigenvalue weighted by Gasteiger charge is 2.30. The lowest BCUT2D eigenvalue weighted by atomic mass is 10.2. The summed E-state index contributed by atoms with van der Waals surface area (Å²) in [6.07, 6.45) is 8.41. The van der Waals surface area contributed by atoms with Crippen LogP contribution in [0.25, 0.3) is 0 Å².